The van der Waals surface area contributed by atoms with Crippen LogP contribution in [0, 0.1) is 13.8 Å². The van der Waals surface area contributed by atoms with Crippen molar-refractivity contribution < 1.29 is 4.79 Å². The molecule has 3 aromatic rings. The number of nitrogens with zero attached hydrogens (tertiary/aromatic N) is 5. The lowest BCUT2D eigenvalue weighted by Gasteiger charge is -2.19. The summed E-state index contributed by atoms with van der Waals surface area (Å²) >= 11 is 7.90. The summed E-state index contributed by atoms with van der Waals surface area (Å²) in [5.74, 6) is 0.691. The van der Waals surface area contributed by atoms with Crippen molar-refractivity contribution in [2.45, 2.75) is 62.9 Å². The van der Waals surface area contributed by atoms with Gasteiger partial charge in [-0.3, -0.25) is 14.0 Å². The van der Waals surface area contributed by atoms with Crippen LogP contribution < -0.4 is 5.32 Å². The van der Waals surface area contributed by atoms with Crippen LogP contribution in [-0.2, 0) is 11.8 Å². The number of hydrogen-bond acceptors (Lipinski definition) is 5. The van der Waals surface area contributed by atoms with Crippen LogP contribution in [0.5, 0.6) is 0 Å². The monoisotopic (exact) mass is 458 g/mol. The fraction of sp³-hybridized carbons (Fsp3) is 0.455. The Morgan fingerprint density at radius 2 is 1.94 bits per heavy atom. The summed E-state index contributed by atoms with van der Waals surface area (Å²) < 4.78 is 3.96. The molecule has 164 valence electrons. The zero-order chi connectivity index (χ0) is 22.1. The highest BCUT2D eigenvalue weighted by atomic mass is 35.5. The van der Waals surface area contributed by atoms with Gasteiger partial charge >= 0.3 is 0 Å². The van der Waals surface area contributed by atoms with E-state index < -0.39 is 0 Å². The first-order valence-electron chi connectivity index (χ1n) is 10.5. The van der Waals surface area contributed by atoms with Crippen molar-refractivity contribution in [1.29, 1.82) is 0 Å². The molecule has 1 N–H and O–H groups in total. The lowest BCUT2D eigenvalue weighted by atomic mass is 10.2. The van der Waals surface area contributed by atoms with Crippen LogP contribution in [0.1, 0.15) is 50.0 Å². The second-order valence-corrected chi connectivity index (χ2v) is 9.73. The van der Waals surface area contributed by atoms with E-state index in [0.717, 1.165) is 46.5 Å². The van der Waals surface area contributed by atoms with E-state index in [1.807, 2.05) is 52.1 Å². The first-order valence-corrected chi connectivity index (χ1v) is 11.8. The third-order valence-electron chi connectivity index (χ3n) is 5.88. The van der Waals surface area contributed by atoms with E-state index in [9.17, 15) is 4.79 Å². The third-order valence-corrected chi connectivity index (χ3v) is 7.26. The van der Waals surface area contributed by atoms with Crippen molar-refractivity contribution in [1.82, 2.24) is 24.5 Å². The van der Waals surface area contributed by atoms with E-state index in [1.165, 1.54) is 24.6 Å². The van der Waals surface area contributed by atoms with Gasteiger partial charge in [-0.2, -0.15) is 5.10 Å². The Morgan fingerprint density at radius 3 is 2.58 bits per heavy atom. The summed E-state index contributed by atoms with van der Waals surface area (Å²) in [7, 11) is 1.87. The first-order chi connectivity index (χ1) is 14.9. The fourth-order valence-electron chi connectivity index (χ4n) is 4.07. The van der Waals surface area contributed by atoms with Crippen molar-refractivity contribution in [2.75, 3.05) is 5.32 Å². The van der Waals surface area contributed by atoms with Crippen LogP contribution >= 0.6 is 23.4 Å². The minimum Gasteiger partial charge on any atom is -0.322 e. The highest BCUT2D eigenvalue weighted by Crippen LogP contribution is 2.39. The Labute approximate surface area is 191 Å². The third kappa shape index (κ3) is 4.36. The van der Waals surface area contributed by atoms with Crippen molar-refractivity contribution >= 4 is 35.0 Å². The molecule has 1 atom stereocenters. The molecule has 4 rings (SSSR count). The Bertz CT molecular complexity index is 1100. The summed E-state index contributed by atoms with van der Waals surface area (Å²) in [4.78, 5) is 12.9. The van der Waals surface area contributed by atoms with Gasteiger partial charge in [-0.25, -0.2) is 0 Å². The molecule has 0 spiro atoms. The second-order valence-electron chi connectivity index (χ2n) is 8.01. The number of nitrogens with one attached hydrogen (secondary N) is 1. The number of benzene rings is 1. The van der Waals surface area contributed by atoms with Gasteiger partial charge < -0.3 is 5.32 Å². The molecule has 7 nitrogen and oxygen atoms in total. The van der Waals surface area contributed by atoms with Crippen molar-refractivity contribution in [3.05, 3.63) is 40.7 Å². The molecule has 1 saturated carbocycles. The standard InChI is InChI=1S/C22H27ClN6OS/c1-13-19(14(2)28(4)27-13)24-21(30)15(3)31-22-26-25-20(17-11-7-8-12-18(17)23)29(22)16-9-5-6-10-16/h7-8,11-12,15-16H,5-6,9-10H2,1-4H3,(H,24,30). The summed E-state index contributed by atoms with van der Waals surface area (Å²) in [6.07, 6.45) is 4.53. The summed E-state index contributed by atoms with van der Waals surface area (Å²) in [5.41, 5.74) is 3.38. The lowest BCUT2D eigenvalue weighted by molar-refractivity contribution is -0.115. The molecule has 0 saturated heterocycles. The number of rotatable bonds is 6. The number of aryl methyl sites for hydroxylation is 2. The van der Waals surface area contributed by atoms with Gasteiger partial charge in [-0.1, -0.05) is 48.3 Å². The van der Waals surface area contributed by atoms with Gasteiger partial charge in [0, 0.05) is 18.7 Å². The molecule has 1 amide bonds. The Hall–Kier alpha value is -2.32. The van der Waals surface area contributed by atoms with Crippen molar-refractivity contribution in [2.24, 2.45) is 7.05 Å². The molecule has 1 aromatic carbocycles. The van der Waals surface area contributed by atoms with Gasteiger partial charge in [0.25, 0.3) is 0 Å². The van der Waals surface area contributed by atoms with Crippen LogP contribution in [0.15, 0.2) is 29.4 Å². The molecule has 1 aliphatic carbocycles. The van der Waals surface area contributed by atoms with E-state index in [1.54, 1.807) is 4.68 Å². The first kappa shape index (κ1) is 21.9. The molecule has 9 heteroatoms. The predicted octanol–water partition coefficient (Wildman–Crippen LogP) is 5.18. The largest absolute Gasteiger partial charge is 0.322 e. The SMILES string of the molecule is Cc1nn(C)c(C)c1NC(=O)C(C)Sc1nnc(-c2ccccc2Cl)n1C1CCCC1. The Balaban J connectivity index is 1.60. The Kier molecular flexibility index (Phi) is 6.39. The van der Waals surface area contributed by atoms with Crippen LogP contribution in [0.3, 0.4) is 0 Å². The summed E-state index contributed by atoms with van der Waals surface area (Å²) in [5, 5.41) is 17.4. The smallest absolute Gasteiger partial charge is 0.237 e. The van der Waals surface area contributed by atoms with Crippen LogP contribution in [0.25, 0.3) is 11.4 Å². The molecule has 1 fully saturated rings. The van der Waals surface area contributed by atoms with Gasteiger partial charge in [0.15, 0.2) is 11.0 Å². The number of carbonyl (C=O) groups is 1. The number of hydrogen-bond donors (Lipinski definition) is 1. The number of anilines is 1. The maximum absolute atomic E-state index is 12.9. The minimum atomic E-state index is -0.345. The maximum Gasteiger partial charge on any atom is 0.237 e. The molecule has 0 aliphatic heterocycles. The maximum atomic E-state index is 12.9. The van der Waals surface area contributed by atoms with Crippen LogP contribution in [0.2, 0.25) is 5.02 Å². The molecule has 2 heterocycles. The number of amides is 1. The minimum absolute atomic E-state index is 0.0792. The van der Waals surface area contributed by atoms with Crippen LogP contribution in [0.4, 0.5) is 5.69 Å². The van der Waals surface area contributed by atoms with E-state index in [0.29, 0.717) is 11.1 Å². The molecule has 0 radical (unpaired) electrons. The number of aromatic nitrogens is 5. The molecule has 0 bridgehead atoms. The number of carbonyl (C=O) groups excluding carboxylic acids is 1. The predicted molar refractivity (Wildman–Crippen MR) is 125 cm³/mol. The van der Waals surface area contributed by atoms with Crippen LogP contribution in [-0.4, -0.2) is 35.7 Å². The van der Waals surface area contributed by atoms with Gasteiger partial charge in [0.1, 0.15) is 0 Å². The van der Waals surface area contributed by atoms with Gasteiger partial charge in [-0.15, -0.1) is 10.2 Å². The van der Waals surface area contributed by atoms with Crippen molar-refractivity contribution in [3.63, 3.8) is 0 Å². The Morgan fingerprint density at radius 1 is 1.23 bits per heavy atom. The number of thioether (sulfide) groups is 1. The molecular formula is C22H27ClN6OS. The number of halogens is 1. The molecular weight excluding hydrogens is 432 g/mol. The van der Waals surface area contributed by atoms with E-state index >= 15 is 0 Å². The average molecular weight is 459 g/mol. The molecule has 31 heavy (non-hydrogen) atoms. The van der Waals surface area contributed by atoms with Gasteiger partial charge in [0.05, 0.1) is 27.3 Å². The molecule has 2 aromatic heterocycles. The topological polar surface area (TPSA) is 77.6 Å². The highest BCUT2D eigenvalue weighted by Gasteiger charge is 2.28. The normalized spacial score (nSPS) is 15.4. The quantitative estimate of drug-likeness (QED) is 0.514. The summed E-state index contributed by atoms with van der Waals surface area (Å²) in [6.45, 7) is 5.73. The van der Waals surface area contributed by atoms with Crippen molar-refractivity contribution in [3.8, 4) is 11.4 Å². The van der Waals surface area contributed by atoms with Gasteiger partial charge in [-0.05, 0) is 45.7 Å². The zero-order valence-corrected chi connectivity index (χ0v) is 19.8. The van der Waals surface area contributed by atoms with E-state index in [4.69, 9.17) is 11.6 Å². The summed E-state index contributed by atoms with van der Waals surface area (Å²) in [6, 6.07) is 8.02. The van der Waals surface area contributed by atoms with Gasteiger partial charge in [0.2, 0.25) is 5.91 Å². The lowest BCUT2D eigenvalue weighted by Crippen LogP contribution is -2.24. The van der Waals surface area contributed by atoms with E-state index in [2.05, 4.69) is 25.2 Å². The van der Waals surface area contributed by atoms with E-state index in [-0.39, 0.29) is 11.2 Å². The molecule has 1 aliphatic rings. The average Bonchev–Trinajstić information content (AvgIpc) is 3.45. The fourth-order valence-corrected chi connectivity index (χ4v) is 5.21. The molecule has 1 unspecified atom stereocenters. The zero-order valence-electron chi connectivity index (χ0n) is 18.2. The second kappa shape index (κ2) is 9.04. The highest BCUT2D eigenvalue weighted by molar-refractivity contribution is 8.00.